The van der Waals surface area contributed by atoms with Crippen molar-refractivity contribution in [3.05, 3.63) is 41.3 Å². The van der Waals surface area contributed by atoms with Gasteiger partial charge in [0.15, 0.2) is 0 Å². The molecule has 0 aliphatic carbocycles. The van der Waals surface area contributed by atoms with Crippen molar-refractivity contribution < 1.29 is 13.2 Å². The molecule has 0 saturated heterocycles. The maximum absolute atomic E-state index is 12.1. The van der Waals surface area contributed by atoms with Gasteiger partial charge in [0.1, 0.15) is 0 Å². The van der Waals surface area contributed by atoms with Crippen LogP contribution in [-0.2, 0) is 20.0 Å². The first-order chi connectivity index (χ1) is 11.6. The highest BCUT2D eigenvalue weighted by Crippen LogP contribution is 2.30. The fourth-order valence-corrected chi connectivity index (χ4v) is 3.37. The molecule has 1 unspecified atom stereocenters. The first kappa shape index (κ1) is 19.0. The Labute approximate surface area is 148 Å². The molecule has 0 spiro atoms. The van der Waals surface area contributed by atoms with Crippen LogP contribution in [0.2, 0.25) is 0 Å². The Bertz CT molecular complexity index is 836. The van der Waals surface area contributed by atoms with Crippen molar-refractivity contribution in [2.45, 2.75) is 43.9 Å². The van der Waals surface area contributed by atoms with Crippen molar-refractivity contribution >= 4 is 15.7 Å². The van der Waals surface area contributed by atoms with E-state index in [0.29, 0.717) is 5.90 Å². The second-order valence-corrected chi connectivity index (χ2v) is 8.15. The van der Waals surface area contributed by atoms with E-state index in [-0.39, 0.29) is 4.90 Å². The van der Waals surface area contributed by atoms with E-state index in [4.69, 9.17) is 10.00 Å². The second kappa shape index (κ2) is 6.86. The maximum Gasteiger partial charge on any atom is 0.251 e. The Morgan fingerprint density at radius 2 is 2.04 bits per heavy atom. The molecule has 7 nitrogen and oxygen atoms in total. The summed E-state index contributed by atoms with van der Waals surface area (Å²) in [4.78, 5) is 0.128. The van der Waals surface area contributed by atoms with E-state index in [1.807, 2.05) is 27.7 Å². The van der Waals surface area contributed by atoms with Crippen molar-refractivity contribution in [3.63, 3.8) is 0 Å². The fourth-order valence-electron chi connectivity index (χ4n) is 2.46. The highest BCUT2D eigenvalue weighted by Gasteiger charge is 2.40. The average molecular weight is 362 g/mol. The summed E-state index contributed by atoms with van der Waals surface area (Å²) in [7, 11) is -3.62. The van der Waals surface area contributed by atoms with Gasteiger partial charge in [-0.05, 0) is 38.1 Å². The van der Waals surface area contributed by atoms with Crippen LogP contribution in [0.15, 0.2) is 45.7 Å². The van der Waals surface area contributed by atoms with Crippen LogP contribution in [0, 0.1) is 11.3 Å². The molecule has 0 radical (unpaired) electrons. The Kier molecular flexibility index (Phi) is 5.20. The summed E-state index contributed by atoms with van der Waals surface area (Å²) in [6.45, 7) is 8.43. The quantitative estimate of drug-likeness (QED) is 0.750. The zero-order chi connectivity index (χ0) is 18.7. The van der Waals surface area contributed by atoms with Crippen LogP contribution in [0.4, 0.5) is 0 Å². The summed E-state index contributed by atoms with van der Waals surface area (Å²) in [5, 5.41) is 16.8. The molecule has 0 saturated carbocycles. The summed E-state index contributed by atoms with van der Waals surface area (Å²) >= 11 is 0. The summed E-state index contributed by atoms with van der Waals surface area (Å²) in [6, 6.07) is 8.16. The Balaban J connectivity index is 2.25. The summed E-state index contributed by atoms with van der Waals surface area (Å²) in [5.41, 5.74) is 3.25. The SMILES string of the molecule is CCNC1(C)NN=C(C(C)(C)c2ccc(S(=O)(=O)C=CC#N)cc2)O1. The van der Waals surface area contributed by atoms with Crippen LogP contribution in [0.3, 0.4) is 0 Å². The lowest BCUT2D eigenvalue weighted by atomic mass is 9.84. The van der Waals surface area contributed by atoms with Gasteiger partial charge in [0.05, 0.1) is 16.4 Å². The van der Waals surface area contributed by atoms with Crippen molar-refractivity contribution in [2.24, 2.45) is 5.10 Å². The van der Waals surface area contributed by atoms with Crippen LogP contribution < -0.4 is 10.7 Å². The van der Waals surface area contributed by atoms with Gasteiger partial charge in [0.25, 0.3) is 5.85 Å². The highest BCUT2D eigenvalue weighted by atomic mass is 32.2. The monoisotopic (exact) mass is 362 g/mol. The minimum absolute atomic E-state index is 0.128. The van der Waals surface area contributed by atoms with Gasteiger partial charge in [-0.2, -0.15) is 5.26 Å². The maximum atomic E-state index is 12.1. The van der Waals surface area contributed by atoms with Crippen molar-refractivity contribution in [3.8, 4) is 6.07 Å². The minimum Gasteiger partial charge on any atom is -0.438 e. The smallest absolute Gasteiger partial charge is 0.251 e. The third kappa shape index (κ3) is 4.00. The van der Waals surface area contributed by atoms with E-state index in [2.05, 4.69) is 15.8 Å². The van der Waals surface area contributed by atoms with E-state index >= 15 is 0 Å². The number of hydrogen-bond donors (Lipinski definition) is 2. The van der Waals surface area contributed by atoms with Gasteiger partial charge in [0, 0.05) is 18.4 Å². The number of nitriles is 1. The normalized spacial score (nSPS) is 20.7. The first-order valence-corrected chi connectivity index (χ1v) is 9.40. The van der Waals surface area contributed by atoms with E-state index < -0.39 is 21.1 Å². The molecule has 0 fully saturated rings. The standard InChI is InChI=1S/C17H22N4O3S/c1-5-19-17(4)21-20-15(24-17)16(2,3)13-7-9-14(10-8-13)25(22,23)12-6-11-18/h6-10,12,19,21H,5H2,1-4H3. The molecule has 25 heavy (non-hydrogen) atoms. The molecule has 0 amide bonds. The van der Waals surface area contributed by atoms with Crippen LogP contribution in [0.5, 0.6) is 0 Å². The molecule has 1 atom stereocenters. The zero-order valence-corrected chi connectivity index (χ0v) is 15.5. The predicted octanol–water partition coefficient (Wildman–Crippen LogP) is 1.99. The van der Waals surface area contributed by atoms with E-state index in [9.17, 15) is 8.42 Å². The number of nitrogens with zero attached hydrogens (tertiary/aromatic N) is 2. The Morgan fingerprint density at radius 1 is 1.40 bits per heavy atom. The Hall–Kier alpha value is -2.37. The number of sulfone groups is 1. The highest BCUT2D eigenvalue weighted by molar-refractivity contribution is 7.94. The topological polar surface area (TPSA) is 104 Å². The number of hydrogen-bond acceptors (Lipinski definition) is 7. The second-order valence-electron chi connectivity index (χ2n) is 6.32. The number of allylic oxidation sites excluding steroid dienone is 1. The lowest BCUT2D eigenvalue weighted by molar-refractivity contribution is 0.0278. The summed E-state index contributed by atoms with van der Waals surface area (Å²) in [6.07, 6.45) is 0.946. The molecule has 8 heteroatoms. The molecule has 1 aliphatic rings. The third-order valence-electron chi connectivity index (χ3n) is 3.95. The number of nitrogens with one attached hydrogen (secondary N) is 2. The number of benzene rings is 1. The lowest BCUT2D eigenvalue weighted by Gasteiger charge is -2.29. The minimum atomic E-state index is -3.62. The average Bonchev–Trinajstić information content (AvgIpc) is 2.96. The van der Waals surface area contributed by atoms with Gasteiger partial charge >= 0.3 is 0 Å². The van der Waals surface area contributed by atoms with E-state index in [1.54, 1.807) is 18.2 Å². The third-order valence-corrected chi connectivity index (χ3v) is 5.37. The van der Waals surface area contributed by atoms with Gasteiger partial charge in [0.2, 0.25) is 15.7 Å². The van der Waals surface area contributed by atoms with Crippen molar-refractivity contribution in [1.29, 1.82) is 5.26 Å². The number of hydrazone groups is 1. The van der Waals surface area contributed by atoms with Gasteiger partial charge in [-0.15, -0.1) is 5.10 Å². The van der Waals surface area contributed by atoms with Gasteiger partial charge in [-0.25, -0.2) is 8.42 Å². The molecular weight excluding hydrogens is 340 g/mol. The van der Waals surface area contributed by atoms with Crippen LogP contribution in [0.25, 0.3) is 0 Å². The van der Waals surface area contributed by atoms with Crippen LogP contribution >= 0.6 is 0 Å². The molecular formula is C17H22N4O3S. The molecule has 134 valence electrons. The molecule has 0 aromatic heterocycles. The van der Waals surface area contributed by atoms with Gasteiger partial charge < -0.3 is 4.74 Å². The summed E-state index contributed by atoms with van der Waals surface area (Å²) < 4.78 is 30.0. The molecule has 2 rings (SSSR count). The molecule has 1 aromatic rings. The first-order valence-electron chi connectivity index (χ1n) is 7.86. The molecule has 2 N–H and O–H groups in total. The molecule has 1 aromatic carbocycles. The van der Waals surface area contributed by atoms with Crippen molar-refractivity contribution in [2.75, 3.05) is 6.54 Å². The van der Waals surface area contributed by atoms with Crippen molar-refractivity contribution in [1.82, 2.24) is 10.7 Å². The molecule has 1 heterocycles. The predicted molar refractivity (Wildman–Crippen MR) is 95.1 cm³/mol. The summed E-state index contributed by atoms with van der Waals surface area (Å²) in [5.74, 6) is -0.247. The van der Waals surface area contributed by atoms with Crippen LogP contribution in [0.1, 0.15) is 33.3 Å². The van der Waals surface area contributed by atoms with Gasteiger partial charge in [-0.1, -0.05) is 19.1 Å². The lowest BCUT2D eigenvalue weighted by Crippen LogP contribution is -2.52. The van der Waals surface area contributed by atoms with E-state index in [0.717, 1.165) is 23.6 Å². The number of ether oxygens (including phenoxy) is 1. The molecule has 0 bridgehead atoms. The molecule has 1 aliphatic heterocycles. The van der Waals surface area contributed by atoms with Crippen LogP contribution in [-0.4, -0.2) is 26.7 Å². The fraction of sp³-hybridized carbons (Fsp3) is 0.412. The number of rotatable bonds is 6. The Morgan fingerprint density at radius 3 is 2.60 bits per heavy atom. The van der Waals surface area contributed by atoms with Gasteiger partial charge in [-0.3, -0.25) is 10.7 Å². The zero-order valence-electron chi connectivity index (χ0n) is 14.7. The van der Waals surface area contributed by atoms with E-state index in [1.165, 1.54) is 12.1 Å². The largest absolute Gasteiger partial charge is 0.438 e.